The molecule has 0 unspecified atom stereocenters. The second kappa shape index (κ2) is 7.03. The number of ether oxygens (including phenoxy) is 3. The van der Waals surface area contributed by atoms with Gasteiger partial charge >= 0.3 is 0 Å². The van der Waals surface area contributed by atoms with Crippen molar-refractivity contribution in [2.24, 2.45) is 7.05 Å². The van der Waals surface area contributed by atoms with Crippen LogP contribution in [0.3, 0.4) is 0 Å². The Kier molecular flexibility index (Phi) is 4.48. The van der Waals surface area contributed by atoms with Gasteiger partial charge < -0.3 is 19.5 Å². The van der Waals surface area contributed by atoms with Gasteiger partial charge in [0, 0.05) is 37.6 Å². The van der Waals surface area contributed by atoms with Crippen molar-refractivity contribution in [2.45, 2.75) is 25.2 Å². The summed E-state index contributed by atoms with van der Waals surface area (Å²) in [7, 11) is 1.91. The van der Waals surface area contributed by atoms with Gasteiger partial charge in [0.25, 0.3) is 5.91 Å². The third-order valence-electron chi connectivity index (χ3n) is 5.94. The Morgan fingerprint density at radius 3 is 2.83 bits per heavy atom. The molecule has 2 aliphatic heterocycles. The molecule has 1 N–H and O–H groups in total. The Balaban J connectivity index is 1.39. The lowest BCUT2D eigenvalue weighted by Gasteiger charge is -2.38. The van der Waals surface area contributed by atoms with E-state index < -0.39 is 0 Å². The minimum absolute atomic E-state index is 0.0442. The molecule has 1 fully saturated rings. The summed E-state index contributed by atoms with van der Waals surface area (Å²) in [6, 6.07) is 8.03. The first-order valence-corrected chi connectivity index (χ1v) is 10.6. The Hall–Kier alpha value is -2.58. The van der Waals surface area contributed by atoms with E-state index in [0.717, 1.165) is 45.8 Å². The summed E-state index contributed by atoms with van der Waals surface area (Å²) >= 11 is 1.48. The molecular weight excluding hydrogens is 390 g/mol. The topological polar surface area (TPSA) is 74.6 Å². The number of aryl methyl sites for hydroxylation is 2. The number of hydrogen-bond acceptors (Lipinski definition) is 6. The Morgan fingerprint density at radius 1 is 1.24 bits per heavy atom. The average molecular weight is 413 g/mol. The first-order chi connectivity index (χ1) is 14.1. The second-order valence-electron chi connectivity index (χ2n) is 7.68. The summed E-state index contributed by atoms with van der Waals surface area (Å²) in [4.78, 5) is 14.7. The zero-order chi connectivity index (χ0) is 20.0. The van der Waals surface area contributed by atoms with E-state index >= 15 is 0 Å². The normalized spacial score (nSPS) is 17.6. The molecule has 8 heteroatoms. The monoisotopic (exact) mass is 413 g/mol. The smallest absolute Gasteiger partial charge is 0.261 e. The van der Waals surface area contributed by atoms with Crippen LogP contribution >= 0.6 is 11.3 Å². The molecule has 4 heterocycles. The highest BCUT2D eigenvalue weighted by Gasteiger charge is 2.36. The van der Waals surface area contributed by atoms with Crippen molar-refractivity contribution >= 4 is 27.5 Å². The number of nitrogens with zero attached hydrogens (tertiary/aromatic N) is 2. The van der Waals surface area contributed by atoms with Gasteiger partial charge in [0.05, 0.1) is 10.6 Å². The summed E-state index contributed by atoms with van der Waals surface area (Å²) in [5.41, 5.74) is 1.92. The highest BCUT2D eigenvalue weighted by atomic mass is 32.1. The molecule has 3 aromatic rings. The van der Waals surface area contributed by atoms with Crippen LogP contribution in [-0.2, 0) is 17.2 Å². The van der Waals surface area contributed by atoms with Crippen LogP contribution in [0.5, 0.6) is 11.5 Å². The second-order valence-corrected chi connectivity index (χ2v) is 8.71. The number of carbonyl (C=O) groups excluding carboxylic acids is 1. The largest absolute Gasteiger partial charge is 0.454 e. The number of amides is 1. The van der Waals surface area contributed by atoms with Crippen molar-refractivity contribution in [3.63, 3.8) is 0 Å². The summed E-state index contributed by atoms with van der Waals surface area (Å²) in [6.45, 7) is 4.13. The number of thiophene rings is 1. The van der Waals surface area contributed by atoms with Gasteiger partial charge in [-0.2, -0.15) is 5.10 Å². The van der Waals surface area contributed by atoms with Crippen LogP contribution in [-0.4, -0.2) is 42.2 Å². The summed E-state index contributed by atoms with van der Waals surface area (Å²) in [6.07, 6.45) is 1.70. The third-order valence-corrected chi connectivity index (χ3v) is 7.14. The van der Waals surface area contributed by atoms with Gasteiger partial charge in [-0.3, -0.25) is 9.48 Å². The van der Waals surface area contributed by atoms with Crippen molar-refractivity contribution in [3.8, 4) is 11.5 Å². The molecule has 2 aromatic heterocycles. The molecule has 1 amide bonds. The maximum Gasteiger partial charge on any atom is 0.261 e. The average Bonchev–Trinajstić information content (AvgIpc) is 3.44. The first-order valence-electron chi connectivity index (χ1n) is 9.75. The zero-order valence-corrected chi connectivity index (χ0v) is 17.3. The summed E-state index contributed by atoms with van der Waals surface area (Å²) in [5.74, 6) is 1.50. The van der Waals surface area contributed by atoms with Gasteiger partial charge in [0.15, 0.2) is 11.5 Å². The Morgan fingerprint density at radius 2 is 2.03 bits per heavy atom. The van der Waals surface area contributed by atoms with Crippen molar-refractivity contribution < 1.29 is 19.0 Å². The van der Waals surface area contributed by atoms with Crippen molar-refractivity contribution in [2.75, 3.05) is 26.6 Å². The van der Waals surface area contributed by atoms with E-state index in [-0.39, 0.29) is 18.1 Å². The molecule has 5 rings (SSSR count). The molecule has 29 heavy (non-hydrogen) atoms. The maximum absolute atomic E-state index is 12.9. The maximum atomic E-state index is 12.9. The van der Waals surface area contributed by atoms with Gasteiger partial charge in [-0.15, -0.1) is 11.3 Å². The molecule has 0 radical (unpaired) electrons. The van der Waals surface area contributed by atoms with Crippen LogP contribution in [0.15, 0.2) is 24.3 Å². The third kappa shape index (κ3) is 3.16. The highest BCUT2D eigenvalue weighted by molar-refractivity contribution is 7.20. The van der Waals surface area contributed by atoms with E-state index in [1.165, 1.54) is 11.3 Å². The number of rotatable bonds is 4. The van der Waals surface area contributed by atoms with E-state index in [1.54, 1.807) is 0 Å². The standard InChI is InChI=1S/C21H23N3O4S/c1-13-15-10-18(29-20(15)24(2)23-13)19(25)22-11-21(5-7-26-8-6-21)14-3-4-16-17(9-14)28-12-27-16/h3-4,9-10H,5-8,11-12H2,1-2H3,(H,22,25). The SMILES string of the molecule is Cc1nn(C)c2sc(C(=O)NCC3(c4ccc5c(c4)OCO5)CCOCC3)cc12. The van der Waals surface area contributed by atoms with Crippen LogP contribution in [0, 0.1) is 6.92 Å². The molecule has 2 aliphatic rings. The van der Waals surface area contributed by atoms with Gasteiger partial charge in [-0.25, -0.2) is 0 Å². The number of benzene rings is 1. The van der Waals surface area contributed by atoms with Crippen LogP contribution in [0.2, 0.25) is 0 Å². The molecule has 1 aromatic carbocycles. The molecule has 0 saturated carbocycles. The van der Waals surface area contributed by atoms with E-state index in [9.17, 15) is 4.79 Å². The van der Waals surface area contributed by atoms with Gasteiger partial charge in [0.1, 0.15) is 4.83 Å². The fourth-order valence-corrected chi connectivity index (χ4v) is 5.25. The number of fused-ring (bicyclic) bond motifs is 2. The van der Waals surface area contributed by atoms with Crippen LogP contribution in [0.1, 0.15) is 33.8 Å². The molecule has 0 bridgehead atoms. The lowest BCUT2D eigenvalue weighted by molar-refractivity contribution is 0.0487. The Bertz CT molecular complexity index is 1050. The molecule has 0 spiro atoms. The predicted molar refractivity (Wildman–Crippen MR) is 110 cm³/mol. The van der Waals surface area contributed by atoms with Gasteiger partial charge in [-0.1, -0.05) is 6.07 Å². The lowest BCUT2D eigenvalue weighted by Crippen LogP contribution is -2.44. The molecule has 152 valence electrons. The summed E-state index contributed by atoms with van der Waals surface area (Å²) < 4.78 is 18.5. The van der Waals surface area contributed by atoms with E-state index in [0.29, 0.717) is 24.6 Å². The van der Waals surface area contributed by atoms with Gasteiger partial charge in [0.2, 0.25) is 6.79 Å². The minimum Gasteiger partial charge on any atom is -0.454 e. The molecular formula is C21H23N3O4S. The number of nitrogens with one attached hydrogen (secondary N) is 1. The number of carbonyl (C=O) groups is 1. The molecule has 0 atom stereocenters. The highest BCUT2D eigenvalue weighted by Crippen LogP contribution is 2.40. The Labute approximate surface area is 172 Å². The van der Waals surface area contributed by atoms with Crippen molar-refractivity contribution in [1.29, 1.82) is 0 Å². The van der Waals surface area contributed by atoms with Crippen LogP contribution in [0.25, 0.3) is 10.2 Å². The fraction of sp³-hybridized carbons (Fsp3) is 0.429. The zero-order valence-electron chi connectivity index (χ0n) is 16.5. The molecule has 0 aliphatic carbocycles. The van der Waals surface area contributed by atoms with Gasteiger partial charge in [-0.05, 0) is 43.5 Å². The lowest BCUT2D eigenvalue weighted by atomic mass is 9.74. The van der Waals surface area contributed by atoms with Crippen LogP contribution < -0.4 is 14.8 Å². The number of aromatic nitrogens is 2. The van der Waals surface area contributed by atoms with E-state index in [4.69, 9.17) is 14.2 Å². The predicted octanol–water partition coefficient (Wildman–Crippen LogP) is 3.15. The molecule has 1 saturated heterocycles. The van der Waals surface area contributed by atoms with Crippen molar-refractivity contribution in [1.82, 2.24) is 15.1 Å². The van der Waals surface area contributed by atoms with Crippen LogP contribution in [0.4, 0.5) is 0 Å². The number of hydrogen-bond donors (Lipinski definition) is 1. The minimum atomic E-state index is -0.178. The quantitative estimate of drug-likeness (QED) is 0.711. The van der Waals surface area contributed by atoms with E-state index in [2.05, 4.69) is 16.5 Å². The van der Waals surface area contributed by atoms with E-state index in [1.807, 2.05) is 36.9 Å². The molecule has 7 nitrogen and oxygen atoms in total. The fourth-order valence-electron chi connectivity index (χ4n) is 4.21. The summed E-state index contributed by atoms with van der Waals surface area (Å²) in [5, 5.41) is 8.63. The van der Waals surface area contributed by atoms with Crippen molar-refractivity contribution in [3.05, 3.63) is 40.4 Å². The first kappa shape index (κ1) is 18.4.